The van der Waals surface area contributed by atoms with Gasteiger partial charge in [-0.2, -0.15) is 0 Å². The van der Waals surface area contributed by atoms with Crippen LogP contribution in [0.25, 0.3) is 0 Å². The monoisotopic (exact) mass is 289 g/mol. The van der Waals surface area contributed by atoms with Crippen molar-refractivity contribution in [2.24, 2.45) is 5.16 Å². The van der Waals surface area contributed by atoms with E-state index in [1.165, 1.54) is 6.21 Å². The lowest BCUT2D eigenvalue weighted by atomic mass is 10.2. The average molecular weight is 289 g/mol. The van der Waals surface area contributed by atoms with Gasteiger partial charge in [0.05, 0.1) is 19.4 Å². The van der Waals surface area contributed by atoms with E-state index in [0.717, 1.165) is 0 Å². The lowest BCUT2D eigenvalue weighted by Crippen LogP contribution is -2.02. The van der Waals surface area contributed by atoms with Crippen molar-refractivity contribution in [3.8, 4) is 5.75 Å². The van der Waals surface area contributed by atoms with E-state index in [9.17, 15) is 0 Å². The van der Waals surface area contributed by atoms with E-state index in [4.69, 9.17) is 30.6 Å². The van der Waals surface area contributed by atoms with Gasteiger partial charge in [-0.15, -0.1) is 0 Å². The van der Waals surface area contributed by atoms with E-state index in [-0.39, 0.29) is 0 Å². The molecule has 0 aliphatic carbocycles. The predicted octanol–water partition coefficient (Wildman–Crippen LogP) is 3.17. The van der Waals surface area contributed by atoms with Crippen molar-refractivity contribution in [1.29, 1.82) is 0 Å². The SMILES string of the molecule is CCOP(=S)(OCC)Oc1cccc(/C=N/O)c1. The van der Waals surface area contributed by atoms with Gasteiger partial charge >= 0.3 is 6.72 Å². The first-order chi connectivity index (χ1) is 8.63. The molecule has 1 aromatic carbocycles. The van der Waals surface area contributed by atoms with E-state index in [1.807, 2.05) is 13.8 Å². The van der Waals surface area contributed by atoms with E-state index >= 15 is 0 Å². The summed E-state index contributed by atoms with van der Waals surface area (Å²) < 4.78 is 16.4. The highest BCUT2D eigenvalue weighted by Gasteiger charge is 2.21. The number of oxime groups is 1. The highest BCUT2D eigenvalue weighted by Crippen LogP contribution is 2.49. The Morgan fingerprint density at radius 3 is 2.56 bits per heavy atom. The summed E-state index contributed by atoms with van der Waals surface area (Å²) in [6, 6.07) is 6.98. The van der Waals surface area contributed by atoms with Crippen LogP contribution in [-0.4, -0.2) is 24.6 Å². The molecule has 100 valence electrons. The van der Waals surface area contributed by atoms with Gasteiger partial charge in [-0.3, -0.25) is 9.05 Å². The zero-order valence-corrected chi connectivity index (χ0v) is 12.0. The molecule has 1 aromatic rings. The number of hydrogen-bond acceptors (Lipinski definition) is 6. The van der Waals surface area contributed by atoms with Crippen molar-refractivity contribution in [3.05, 3.63) is 29.8 Å². The molecule has 18 heavy (non-hydrogen) atoms. The first-order valence-electron chi connectivity index (χ1n) is 5.49. The maximum absolute atomic E-state index is 8.48. The van der Waals surface area contributed by atoms with Crippen LogP contribution < -0.4 is 4.52 Å². The van der Waals surface area contributed by atoms with E-state index < -0.39 is 6.72 Å². The van der Waals surface area contributed by atoms with Crippen molar-refractivity contribution >= 4 is 24.7 Å². The Kier molecular flexibility index (Phi) is 6.29. The van der Waals surface area contributed by atoms with Crippen LogP contribution in [0.3, 0.4) is 0 Å². The number of benzene rings is 1. The van der Waals surface area contributed by atoms with E-state index in [0.29, 0.717) is 24.5 Å². The molecule has 0 bridgehead atoms. The van der Waals surface area contributed by atoms with Gasteiger partial charge in [0.2, 0.25) is 0 Å². The molecule has 0 saturated heterocycles. The van der Waals surface area contributed by atoms with Crippen LogP contribution in [0.5, 0.6) is 5.75 Å². The third-order valence-electron chi connectivity index (χ3n) is 1.86. The highest BCUT2D eigenvalue weighted by molar-refractivity contribution is 8.07. The van der Waals surface area contributed by atoms with Gasteiger partial charge in [0.25, 0.3) is 0 Å². The Labute approximate surface area is 112 Å². The summed E-state index contributed by atoms with van der Waals surface area (Å²) in [5, 5.41) is 11.4. The number of nitrogens with zero attached hydrogens (tertiary/aromatic N) is 1. The quantitative estimate of drug-likeness (QED) is 0.361. The van der Waals surface area contributed by atoms with Gasteiger partial charge < -0.3 is 9.73 Å². The Bertz CT molecular complexity index is 442. The smallest absolute Gasteiger partial charge is 0.380 e. The van der Waals surface area contributed by atoms with Crippen molar-refractivity contribution in [2.45, 2.75) is 13.8 Å². The Balaban J connectivity index is 2.86. The van der Waals surface area contributed by atoms with Gasteiger partial charge in [0.1, 0.15) is 5.75 Å². The molecule has 0 radical (unpaired) electrons. The average Bonchev–Trinajstić information content (AvgIpc) is 2.30. The van der Waals surface area contributed by atoms with Gasteiger partial charge in [0, 0.05) is 11.8 Å². The molecule has 7 heteroatoms. The molecule has 1 N–H and O–H groups in total. The topological polar surface area (TPSA) is 60.3 Å². The minimum atomic E-state index is -2.75. The van der Waals surface area contributed by atoms with Crippen LogP contribution in [0, 0.1) is 0 Å². The summed E-state index contributed by atoms with van der Waals surface area (Å²) in [6.45, 7) is 1.76. The minimum Gasteiger partial charge on any atom is -0.424 e. The van der Waals surface area contributed by atoms with Gasteiger partial charge in [0.15, 0.2) is 0 Å². The summed E-state index contributed by atoms with van der Waals surface area (Å²) in [7, 11) is 0. The summed E-state index contributed by atoms with van der Waals surface area (Å²) in [4.78, 5) is 0. The molecule has 5 nitrogen and oxygen atoms in total. The van der Waals surface area contributed by atoms with E-state index in [1.54, 1.807) is 24.3 Å². The third kappa shape index (κ3) is 4.74. The second kappa shape index (κ2) is 7.48. The van der Waals surface area contributed by atoms with Crippen LogP contribution in [-0.2, 0) is 20.9 Å². The van der Waals surface area contributed by atoms with Crippen molar-refractivity contribution < 1.29 is 18.8 Å². The maximum atomic E-state index is 8.48. The first-order valence-corrected chi connectivity index (χ1v) is 8.05. The maximum Gasteiger partial charge on any atom is 0.380 e. The zero-order valence-electron chi connectivity index (χ0n) is 10.3. The molecular formula is C11H16NO4PS. The van der Waals surface area contributed by atoms with Crippen molar-refractivity contribution in [2.75, 3.05) is 13.2 Å². The largest absolute Gasteiger partial charge is 0.424 e. The van der Waals surface area contributed by atoms with Crippen molar-refractivity contribution in [3.63, 3.8) is 0 Å². The molecule has 0 heterocycles. The molecule has 1 rings (SSSR count). The molecule has 0 unspecified atom stereocenters. The normalized spacial score (nSPS) is 11.9. The molecular weight excluding hydrogens is 273 g/mol. The Morgan fingerprint density at radius 1 is 1.33 bits per heavy atom. The van der Waals surface area contributed by atoms with Crippen molar-refractivity contribution in [1.82, 2.24) is 0 Å². The summed E-state index contributed by atoms with van der Waals surface area (Å²) >= 11 is 5.25. The molecule has 0 atom stereocenters. The van der Waals surface area contributed by atoms with E-state index in [2.05, 4.69) is 5.16 Å². The molecule has 0 aromatic heterocycles. The van der Waals surface area contributed by atoms with Gasteiger partial charge in [-0.25, -0.2) is 0 Å². The molecule has 0 aliphatic heterocycles. The molecule has 0 saturated carbocycles. The van der Waals surface area contributed by atoms with Crippen LogP contribution in [0.15, 0.2) is 29.4 Å². The van der Waals surface area contributed by atoms with Crippen LogP contribution >= 0.6 is 6.72 Å². The fourth-order valence-electron chi connectivity index (χ4n) is 1.25. The fourth-order valence-corrected chi connectivity index (χ4v) is 3.33. The summed E-state index contributed by atoms with van der Waals surface area (Å²) in [5.41, 5.74) is 0.699. The fraction of sp³-hybridized carbons (Fsp3) is 0.364. The summed E-state index contributed by atoms with van der Waals surface area (Å²) in [5.74, 6) is 0.526. The second-order valence-corrected chi connectivity index (χ2v) is 6.13. The number of rotatable bonds is 7. The first kappa shape index (κ1) is 15.1. The molecule has 0 aliphatic rings. The van der Waals surface area contributed by atoms with Crippen LogP contribution in [0.4, 0.5) is 0 Å². The highest BCUT2D eigenvalue weighted by atomic mass is 32.5. The van der Waals surface area contributed by atoms with Gasteiger partial charge in [-0.1, -0.05) is 17.3 Å². The summed E-state index contributed by atoms with van der Waals surface area (Å²) in [6.07, 6.45) is 1.30. The molecule has 0 fully saturated rings. The standard InChI is InChI=1S/C11H16NO4PS/c1-3-14-17(18,15-4-2)16-11-7-5-6-10(8-11)9-12-13/h5-9,13H,3-4H2,1-2H3/b12-9+. The third-order valence-corrected chi connectivity index (χ3v) is 4.30. The molecule has 0 spiro atoms. The minimum absolute atomic E-state index is 0.426. The van der Waals surface area contributed by atoms with Crippen LogP contribution in [0.2, 0.25) is 0 Å². The Morgan fingerprint density at radius 2 is 2.00 bits per heavy atom. The second-order valence-electron chi connectivity index (χ2n) is 3.19. The predicted molar refractivity (Wildman–Crippen MR) is 74.0 cm³/mol. The molecule has 0 amide bonds. The van der Waals surface area contributed by atoms with Crippen LogP contribution in [0.1, 0.15) is 19.4 Å². The zero-order chi connectivity index (χ0) is 13.4. The van der Waals surface area contributed by atoms with Gasteiger partial charge in [-0.05, 0) is 31.5 Å². The lowest BCUT2D eigenvalue weighted by molar-refractivity contribution is 0.218. The number of hydrogen-bond donors (Lipinski definition) is 1. The lowest BCUT2D eigenvalue weighted by Gasteiger charge is -2.21. The Hall–Kier alpha value is -0.940.